The highest BCUT2D eigenvalue weighted by Crippen LogP contribution is 2.28. The molecule has 0 aromatic carbocycles. The lowest BCUT2D eigenvalue weighted by molar-refractivity contribution is -0.138. The van der Waals surface area contributed by atoms with Gasteiger partial charge in [0.15, 0.2) is 0 Å². The van der Waals surface area contributed by atoms with Crippen LogP contribution in [0.3, 0.4) is 0 Å². The Labute approximate surface area is 175 Å². The molecule has 0 aliphatic carbocycles. The standard InChI is InChI=1S/C21H28N6O3/c1-25-14-16(13-23-25)18(12-19(28)29)27-11-10-26(21(27)30)9-3-5-17-7-6-15-4-2-8-22-20(15)24-17/h4,6-7,13-14,17-18H,2-3,5,8-12H2,1H3,(H,22,24)(H,28,29). The molecule has 2 atom stereocenters. The summed E-state index contributed by atoms with van der Waals surface area (Å²) in [6.45, 7) is 2.63. The molecule has 1 aromatic rings. The van der Waals surface area contributed by atoms with Crippen LogP contribution in [0, 0.1) is 0 Å². The maximum atomic E-state index is 13.0. The van der Waals surface area contributed by atoms with E-state index in [2.05, 4.69) is 33.6 Å². The Bertz CT molecular complexity index is 902. The van der Waals surface area contributed by atoms with Gasteiger partial charge in [0.2, 0.25) is 0 Å². The summed E-state index contributed by atoms with van der Waals surface area (Å²) in [7, 11) is 1.78. The molecule has 0 saturated carbocycles. The molecule has 2 unspecified atom stereocenters. The molecule has 4 heterocycles. The normalized spacial score (nSPS) is 21.8. The van der Waals surface area contributed by atoms with Crippen LogP contribution in [0.15, 0.2) is 41.2 Å². The van der Waals surface area contributed by atoms with E-state index in [0.717, 1.165) is 37.2 Å². The number of fused-ring (bicyclic) bond motifs is 1. The second-order valence-corrected chi connectivity index (χ2v) is 7.95. The average Bonchev–Trinajstić information content (AvgIpc) is 3.32. The molecular formula is C21H28N6O3. The Morgan fingerprint density at radius 2 is 2.27 bits per heavy atom. The van der Waals surface area contributed by atoms with Gasteiger partial charge in [-0.15, -0.1) is 0 Å². The summed E-state index contributed by atoms with van der Waals surface area (Å²) in [5, 5.41) is 16.9. The quantitative estimate of drug-likeness (QED) is 0.677. The Hall–Kier alpha value is -3.10. The summed E-state index contributed by atoms with van der Waals surface area (Å²) in [6, 6.07) is -0.367. The number of carboxylic acids is 1. The Kier molecular flexibility index (Phi) is 5.87. The fourth-order valence-electron chi connectivity index (χ4n) is 4.26. The van der Waals surface area contributed by atoms with Crippen molar-refractivity contribution < 1.29 is 14.7 Å². The van der Waals surface area contributed by atoms with Crippen LogP contribution >= 0.6 is 0 Å². The van der Waals surface area contributed by atoms with Crippen LogP contribution in [0.25, 0.3) is 0 Å². The molecule has 1 fully saturated rings. The summed E-state index contributed by atoms with van der Waals surface area (Å²) >= 11 is 0. The molecule has 0 bridgehead atoms. The van der Waals surface area contributed by atoms with Gasteiger partial charge >= 0.3 is 12.0 Å². The van der Waals surface area contributed by atoms with E-state index in [0.29, 0.717) is 19.6 Å². The second kappa shape index (κ2) is 8.73. The van der Waals surface area contributed by atoms with Crippen molar-refractivity contribution in [1.82, 2.24) is 24.9 Å². The Morgan fingerprint density at radius 1 is 1.40 bits per heavy atom. The number of carboxylic acid groups (broad SMARTS) is 1. The van der Waals surface area contributed by atoms with E-state index in [4.69, 9.17) is 0 Å². The number of hydrogen-bond donors (Lipinski definition) is 2. The van der Waals surface area contributed by atoms with Crippen LogP contribution in [0.1, 0.15) is 37.3 Å². The number of aliphatic imine (C=N–C) groups is 1. The number of rotatable bonds is 8. The molecule has 0 spiro atoms. The molecule has 9 heteroatoms. The van der Waals surface area contributed by atoms with Crippen LogP contribution in [0.5, 0.6) is 0 Å². The van der Waals surface area contributed by atoms with Crippen molar-refractivity contribution in [1.29, 1.82) is 0 Å². The highest BCUT2D eigenvalue weighted by atomic mass is 16.4. The first-order valence-corrected chi connectivity index (χ1v) is 10.5. The van der Waals surface area contributed by atoms with Gasteiger partial charge in [0, 0.05) is 56.6 Å². The first-order chi connectivity index (χ1) is 14.5. The van der Waals surface area contributed by atoms with Crippen LogP contribution in [0.2, 0.25) is 0 Å². The van der Waals surface area contributed by atoms with Gasteiger partial charge in [-0.1, -0.05) is 18.2 Å². The maximum Gasteiger partial charge on any atom is 0.320 e. The van der Waals surface area contributed by atoms with Gasteiger partial charge in [0.25, 0.3) is 0 Å². The summed E-state index contributed by atoms with van der Waals surface area (Å²) < 4.78 is 1.63. The molecule has 30 heavy (non-hydrogen) atoms. The number of amidine groups is 1. The number of aromatic nitrogens is 2. The number of aryl methyl sites for hydroxylation is 1. The van der Waals surface area contributed by atoms with E-state index in [1.807, 2.05) is 4.90 Å². The number of nitrogens with one attached hydrogen (secondary N) is 1. The van der Waals surface area contributed by atoms with Crippen molar-refractivity contribution >= 4 is 17.8 Å². The fraction of sp³-hybridized carbons (Fsp3) is 0.524. The lowest BCUT2D eigenvalue weighted by Crippen LogP contribution is -2.39. The third-order valence-corrected chi connectivity index (χ3v) is 5.79. The molecule has 2 amide bonds. The van der Waals surface area contributed by atoms with E-state index in [-0.39, 0.29) is 18.5 Å². The van der Waals surface area contributed by atoms with Crippen molar-refractivity contribution in [2.75, 3.05) is 26.2 Å². The van der Waals surface area contributed by atoms with Crippen LogP contribution in [-0.4, -0.2) is 74.7 Å². The lowest BCUT2D eigenvalue weighted by atomic mass is 10.0. The van der Waals surface area contributed by atoms with E-state index in [1.165, 1.54) is 5.57 Å². The number of amides is 2. The zero-order valence-corrected chi connectivity index (χ0v) is 17.2. The molecule has 4 rings (SSSR count). The van der Waals surface area contributed by atoms with Crippen molar-refractivity contribution in [2.45, 2.75) is 37.8 Å². The van der Waals surface area contributed by atoms with E-state index < -0.39 is 12.0 Å². The second-order valence-electron chi connectivity index (χ2n) is 7.95. The third-order valence-electron chi connectivity index (χ3n) is 5.79. The van der Waals surface area contributed by atoms with E-state index >= 15 is 0 Å². The largest absolute Gasteiger partial charge is 0.481 e. The monoisotopic (exact) mass is 412 g/mol. The number of carbonyl (C=O) groups is 2. The molecule has 1 aromatic heterocycles. The molecule has 9 nitrogen and oxygen atoms in total. The zero-order valence-electron chi connectivity index (χ0n) is 17.2. The van der Waals surface area contributed by atoms with Crippen molar-refractivity contribution in [2.24, 2.45) is 12.0 Å². The van der Waals surface area contributed by atoms with Gasteiger partial charge in [-0.05, 0) is 19.3 Å². The number of aliphatic carboxylic acids is 1. The van der Waals surface area contributed by atoms with E-state index in [1.54, 1.807) is 29.0 Å². The number of hydrogen-bond acceptors (Lipinski definition) is 5. The number of carbonyl (C=O) groups excluding carboxylic acids is 1. The third kappa shape index (κ3) is 4.39. The van der Waals surface area contributed by atoms with Crippen molar-refractivity contribution in [3.05, 3.63) is 41.8 Å². The molecule has 0 radical (unpaired) electrons. The SMILES string of the molecule is Cn1cc(C(CC(=O)O)N2CCN(CCCC3C=CC4=CCCN=C4N3)C2=O)cn1. The number of dihydropyridines is 1. The van der Waals surface area contributed by atoms with Gasteiger partial charge in [-0.2, -0.15) is 5.10 Å². The average molecular weight is 412 g/mol. The minimum Gasteiger partial charge on any atom is -0.481 e. The molecule has 3 aliphatic rings. The molecule has 160 valence electrons. The smallest absolute Gasteiger partial charge is 0.320 e. The highest BCUT2D eigenvalue weighted by Gasteiger charge is 2.35. The molecule has 2 N–H and O–H groups in total. The zero-order chi connectivity index (χ0) is 21.1. The van der Waals surface area contributed by atoms with Gasteiger partial charge < -0.3 is 20.2 Å². The van der Waals surface area contributed by atoms with Crippen molar-refractivity contribution in [3.63, 3.8) is 0 Å². The maximum absolute atomic E-state index is 13.0. The minimum absolute atomic E-state index is 0.0980. The summed E-state index contributed by atoms with van der Waals surface area (Å²) in [5.41, 5.74) is 1.92. The Morgan fingerprint density at radius 3 is 3.03 bits per heavy atom. The lowest BCUT2D eigenvalue weighted by Gasteiger charge is -2.27. The minimum atomic E-state index is -0.927. The van der Waals surface area contributed by atoms with E-state index in [9.17, 15) is 14.7 Å². The summed E-state index contributed by atoms with van der Waals surface area (Å²) in [4.78, 5) is 32.4. The van der Waals surface area contributed by atoms with Crippen LogP contribution < -0.4 is 5.32 Å². The summed E-state index contributed by atoms with van der Waals surface area (Å²) in [5.74, 6) is 0.0504. The molecule has 3 aliphatic heterocycles. The number of nitrogens with zero attached hydrogens (tertiary/aromatic N) is 5. The molecular weight excluding hydrogens is 384 g/mol. The van der Waals surface area contributed by atoms with Gasteiger partial charge in [-0.25, -0.2) is 4.79 Å². The van der Waals surface area contributed by atoms with Crippen molar-refractivity contribution in [3.8, 4) is 0 Å². The topological polar surface area (TPSA) is 103 Å². The first-order valence-electron chi connectivity index (χ1n) is 10.5. The predicted molar refractivity (Wildman–Crippen MR) is 112 cm³/mol. The molecule has 1 saturated heterocycles. The predicted octanol–water partition coefficient (Wildman–Crippen LogP) is 1.71. The Balaban J connectivity index is 1.32. The van der Waals surface area contributed by atoms with Crippen LogP contribution in [0.4, 0.5) is 4.79 Å². The first kappa shape index (κ1) is 20.2. The highest BCUT2D eigenvalue weighted by molar-refractivity contribution is 6.02. The van der Waals surface area contributed by atoms with Gasteiger partial charge in [0.1, 0.15) is 5.84 Å². The van der Waals surface area contributed by atoms with Crippen LogP contribution in [-0.2, 0) is 11.8 Å². The van der Waals surface area contributed by atoms with Gasteiger partial charge in [0.05, 0.1) is 18.7 Å². The number of urea groups is 1. The fourth-order valence-corrected chi connectivity index (χ4v) is 4.26. The summed E-state index contributed by atoms with van der Waals surface area (Å²) in [6.07, 6.45) is 12.6. The van der Waals surface area contributed by atoms with Gasteiger partial charge in [-0.3, -0.25) is 14.5 Å².